The fraction of sp³-hybridized carbons (Fsp3) is 0.500. The minimum absolute atomic E-state index is 0.0152. The maximum absolute atomic E-state index is 12.7. The maximum Gasteiger partial charge on any atom is 0.416 e. The first-order valence-corrected chi connectivity index (χ1v) is 8.09. The molecular formula is C16H18ClF3N2O2. The number of anilines is 1. The van der Waals surface area contributed by atoms with Gasteiger partial charge in [-0.1, -0.05) is 24.4 Å². The van der Waals surface area contributed by atoms with Crippen LogP contribution in [0.2, 0.25) is 5.02 Å². The van der Waals surface area contributed by atoms with Crippen LogP contribution >= 0.6 is 11.6 Å². The summed E-state index contributed by atoms with van der Waals surface area (Å²) in [5.74, 6) is -0.997. The fourth-order valence-electron chi connectivity index (χ4n) is 2.56. The minimum Gasteiger partial charge on any atom is -0.342 e. The molecule has 1 fully saturated rings. The predicted octanol–water partition coefficient (Wildman–Crippen LogP) is 4.09. The predicted molar refractivity (Wildman–Crippen MR) is 84.7 cm³/mol. The Labute approximate surface area is 143 Å². The highest BCUT2D eigenvalue weighted by Gasteiger charge is 2.31. The summed E-state index contributed by atoms with van der Waals surface area (Å²) in [6, 6.07) is 2.66. The number of amides is 2. The summed E-state index contributed by atoms with van der Waals surface area (Å²) in [5.41, 5.74) is -1.07. The van der Waals surface area contributed by atoms with Crippen LogP contribution in [0.15, 0.2) is 18.2 Å². The monoisotopic (exact) mass is 362 g/mol. The van der Waals surface area contributed by atoms with E-state index < -0.39 is 24.1 Å². The van der Waals surface area contributed by atoms with Crippen LogP contribution in [0.5, 0.6) is 0 Å². The van der Waals surface area contributed by atoms with Gasteiger partial charge in [-0.15, -0.1) is 0 Å². The highest BCUT2D eigenvalue weighted by molar-refractivity contribution is 6.33. The second-order valence-electron chi connectivity index (χ2n) is 5.71. The van der Waals surface area contributed by atoms with Crippen molar-refractivity contribution in [2.45, 2.75) is 38.3 Å². The van der Waals surface area contributed by atoms with Crippen molar-refractivity contribution < 1.29 is 22.8 Å². The first-order chi connectivity index (χ1) is 11.3. The van der Waals surface area contributed by atoms with Crippen molar-refractivity contribution in [3.63, 3.8) is 0 Å². The Morgan fingerprint density at radius 2 is 1.75 bits per heavy atom. The van der Waals surface area contributed by atoms with E-state index in [1.54, 1.807) is 4.90 Å². The molecule has 2 rings (SSSR count). The van der Waals surface area contributed by atoms with Gasteiger partial charge < -0.3 is 10.2 Å². The maximum atomic E-state index is 12.7. The Morgan fingerprint density at radius 3 is 2.33 bits per heavy atom. The van der Waals surface area contributed by atoms with Crippen LogP contribution in [0.4, 0.5) is 18.9 Å². The Balaban J connectivity index is 2.00. The molecule has 0 unspecified atom stereocenters. The summed E-state index contributed by atoms with van der Waals surface area (Å²) >= 11 is 5.82. The molecule has 1 N–H and O–H groups in total. The van der Waals surface area contributed by atoms with Gasteiger partial charge in [-0.05, 0) is 31.0 Å². The first-order valence-electron chi connectivity index (χ1n) is 7.72. The Hall–Kier alpha value is -1.76. The van der Waals surface area contributed by atoms with Crippen molar-refractivity contribution in [3.05, 3.63) is 28.8 Å². The van der Waals surface area contributed by atoms with Crippen molar-refractivity contribution in [1.29, 1.82) is 0 Å². The van der Waals surface area contributed by atoms with Crippen molar-refractivity contribution in [1.82, 2.24) is 4.90 Å². The zero-order valence-electron chi connectivity index (χ0n) is 13.0. The van der Waals surface area contributed by atoms with Crippen LogP contribution < -0.4 is 5.32 Å². The molecule has 0 aromatic heterocycles. The van der Waals surface area contributed by atoms with Gasteiger partial charge in [-0.25, -0.2) is 0 Å². The highest BCUT2D eigenvalue weighted by Crippen LogP contribution is 2.33. The van der Waals surface area contributed by atoms with Crippen LogP contribution in [0.25, 0.3) is 0 Å². The number of halogens is 4. The van der Waals surface area contributed by atoms with E-state index in [4.69, 9.17) is 11.6 Å². The van der Waals surface area contributed by atoms with Crippen molar-refractivity contribution >= 4 is 29.1 Å². The van der Waals surface area contributed by atoms with Crippen LogP contribution in [0, 0.1) is 0 Å². The number of carbonyl (C=O) groups is 2. The van der Waals surface area contributed by atoms with Crippen molar-refractivity contribution in [2.24, 2.45) is 0 Å². The van der Waals surface area contributed by atoms with Gasteiger partial charge in [0.15, 0.2) is 0 Å². The number of nitrogens with one attached hydrogen (secondary N) is 1. The molecule has 0 bridgehead atoms. The number of likely N-dealkylation sites (tertiary alicyclic amines) is 1. The zero-order chi connectivity index (χ0) is 17.7. The van der Waals surface area contributed by atoms with Gasteiger partial charge >= 0.3 is 6.18 Å². The molecule has 1 aromatic rings. The molecule has 0 radical (unpaired) electrons. The third-order valence-corrected chi connectivity index (χ3v) is 4.17. The lowest BCUT2D eigenvalue weighted by Gasteiger charge is -2.20. The summed E-state index contributed by atoms with van der Waals surface area (Å²) in [6.07, 6.45) is -1.05. The fourth-order valence-corrected chi connectivity index (χ4v) is 2.73. The summed E-state index contributed by atoms with van der Waals surface area (Å²) in [6.45, 7) is 1.22. The van der Waals surface area contributed by atoms with Crippen LogP contribution in [-0.4, -0.2) is 29.8 Å². The molecular weight excluding hydrogens is 345 g/mol. The molecule has 24 heavy (non-hydrogen) atoms. The molecule has 1 aromatic carbocycles. The number of hydrogen-bond donors (Lipinski definition) is 1. The largest absolute Gasteiger partial charge is 0.416 e. The average Bonchev–Trinajstić information content (AvgIpc) is 2.77. The third-order valence-electron chi connectivity index (χ3n) is 3.84. The molecule has 132 valence electrons. The van der Waals surface area contributed by atoms with E-state index in [0.29, 0.717) is 13.1 Å². The number of nitrogens with zero attached hydrogens (tertiary/aromatic N) is 1. The van der Waals surface area contributed by atoms with Gasteiger partial charge in [0.25, 0.3) is 0 Å². The molecule has 1 heterocycles. The highest BCUT2D eigenvalue weighted by atomic mass is 35.5. The summed E-state index contributed by atoms with van der Waals surface area (Å²) in [5, 5.41) is 2.27. The molecule has 0 spiro atoms. The molecule has 0 aliphatic carbocycles. The summed E-state index contributed by atoms with van der Waals surface area (Å²) in [4.78, 5) is 25.7. The molecule has 2 amide bonds. The summed E-state index contributed by atoms with van der Waals surface area (Å²) in [7, 11) is 0. The van der Waals surface area contributed by atoms with Gasteiger partial charge in [0.2, 0.25) is 11.8 Å². The Kier molecular flexibility index (Phi) is 6.10. The van der Waals surface area contributed by atoms with Gasteiger partial charge in [0.1, 0.15) is 6.42 Å². The second-order valence-corrected chi connectivity index (χ2v) is 6.12. The molecule has 1 aliphatic heterocycles. The van der Waals surface area contributed by atoms with Crippen molar-refractivity contribution in [2.75, 3.05) is 18.4 Å². The molecule has 0 atom stereocenters. The van der Waals surface area contributed by atoms with E-state index in [-0.39, 0.29) is 16.6 Å². The number of alkyl halides is 3. The van der Waals surface area contributed by atoms with Crippen LogP contribution in [-0.2, 0) is 15.8 Å². The van der Waals surface area contributed by atoms with Crippen LogP contribution in [0.1, 0.15) is 37.7 Å². The Bertz CT molecular complexity index is 612. The SMILES string of the molecule is O=C(CC(=O)N1CCCCCC1)Nc1cc(C(F)(F)F)ccc1Cl. The lowest BCUT2D eigenvalue weighted by molar-refractivity contribution is -0.138. The summed E-state index contributed by atoms with van der Waals surface area (Å²) < 4.78 is 38.1. The molecule has 1 aliphatic rings. The second kappa shape index (κ2) is 7.88. The quantitative estimate of drug-likeness (QED) is 0.823. The van der Waals surface area contributed by atoms with E-state index >= 15 is 0 Å². The average molecular weight is 363 g/mol. The first kappa shape index (κ1) is 18.6. The van der Waals surface area contributed by atoms with Gasteiger partial charge in [-0.2, -0.15) is 13.2 Å². The van der Waals surface area contributed by atoms with Gasteiger partial charge in [-0.3, -0.25) is 9.59 Å². The number of benzene rings is 1. The Morgan fingerprint density at radius 1 is 1.12 bits per heavy atom. The van der Waals surface area contributed by atoms with Gasteiger partial charge in [0.05, 0.1) is 16.3 Å². The van der Waals surface area contributed by atoms with Crippen LogP contribution in [0.3, 0.4) is 0 Å². The van der Waals surface area contributed by atoms with Gasteiger partial charge in [0, 0.05) is 13.1 Å². The molecule has 0 saturated carbocycles. The molecule has 8 heteroatoms. The van der Waals surface area contributed by atoms with E-state index in [1.165, 1.54) is 0 Å². The lowest BCUT2D eigenvalue weighted by atomic mass is 10.2. The smallest absolute Gasteiger partial charge is 0.342 e. The molecule has 4 nitrogen and oxygen atoms in total. The van der Waals surface area contributed by atoms with E-state index in [0.717, 1.165) is 43.9 Å². The minimum atomic E-state index is -4.54. The molecule has 1 saturated heterocycles. The van der Waals surface area contributed by atoms with E-state index in [2.05, 4.69) is 5.32 Å². The standard InChI is InChI=1S/C16H18ClF3N2O2/c17-12-6-5-11(16(18,19)20)9-13(12)21-14(23)10-15(24)22-7-3-1-2-4-8-22/h5-6,9H,1-4,7-8,10H2,(H,21,23). The topological polar surface area (TPSA) is 49.4 Å². The lowest BCUT2D eigenvalue weighted by Crippen LogP contribution is -2.34. The van der Waals surface area contributed by atoms with Crippen molar-refractivity contribution in [3.8, 4) is 0 Å². The number of rotatable bonds is 3. The van der Waals surface area contributed by atoms with E-state index in [9.17, 15) is 22.8 Å². The van der Waals surface area contributed by atoms with E-state index in [1.807, 2.05) is 0 Å². The zero-order valence-corrected chi connectivity index (χ0v) is 13.7. The number of carbonyl (C=O) groups excluding carboxylic acids is 2. The number of hydrogen-bond acceptors (Lipinski definition) is 2. The normalized spacial score (nSPS) is 15.8. The third kappa shape index (κ3) is 5.12.